The summed E-state index contributed by atoms with van der Waals surface area (Å²) in [5, 5.41) is 6.49. The van der Waals surface area contributed by atoms with Crippen molar-refractivity contribution in [3.8, 4) is 0 Å². The number of ketones is 1. The van der Waals surface area contributed by atoms with E-state index < -0.39 is 6.04 Å². The van der Waals surface area contributed by atoms with Crippen molar-refractivity contribution in [2.75, 3.05) is 13.1 Å². The standard InChI is InChI=1S/C38H48F2N2O2/c1-37(2,3)29-21-28(22-30(23-29)38(4,5)6)36(44)42-35(27-19-20-41-24-27)34(43)10-8-7-9-33(25-11-15-31(39)16-12-25)26-13-17-32(40)18-14-26/h11-18,21-23,27,33,35,41H,7-10,19-20,24H2,1-6H3,(H,42,44). The average Bonchev–Trinajstić information content (AvgIpc) is 3.50. The Morgan fingerprint density at radius 3 is 1.80 bits per heavy atom. The maximum absolute atomic E-state index is 13.7. The number of nitrogens with one attached hydrogen (secondary N) is 2. The van der Waals surface area contributed by atoms with E-state index >= 15 is 0 Å². The van der Waals surface area contributed by atoms with Crippen molar-refractivity contribution in [2.24, 2.45) is 5.92 Å². The molecule has 2 N–H and O–H groups in total. The fourth-order valence-corrected chi connectivity index (χ4v) is 5.99. The summed E-state index contributed by atoms with van der Waals surface area (Å²) in [4.78, 5) is 27.4. The number of rotatable bonds is 11. The lowest BCUT2D eigenvalue weighted by atomic mass is 9.79. The lowest BCUT2D eigenvalue weighted by molar-refractivity contribution is -0.122. The summed E-state index contributed by atoms with van der Waals surface area (Å²) in [6, 6.07) is 18.4. The second-order valence-corrected chi connectivity index (χ2v) is 14.4. The van der Waals surface area contributed by atoms with Gasteiger partial charge in [0.15, 0.2) is 5.78 Å². The van der Waals surface area contributed by atoms with Gasteiger partial charge in [0.05, 0.1) is 6.04 Å². The molecule has 2 atom stereocenters. The molecule has 2 unspecified atom stereocenters. The molecule has 1 heterocycles. The van der Waals surface area contributed by atoms with Crippen LogP contribution in [0.3, 0.4) is 0 Å². The van der Waals surface area contributed by atoms with Crippen LogP contribution in [-0.2, 0) is 15.6 Å². The van der Waals surface area contributed by atoms with Crippen LogP contribution in [0, 0.1) is 17.6 Å². The summed E-state index contributed by atoms with van der Waals surface area (Å²) in [5.74, 6) is -0.744. The molecule has 0 aromatic heterocycles. The molecule has 44 heavy (non-hydrogen) atoms. The van der Waals surface area contributed by atoms with Crippen LogP contribution >= 0.6 is 0 Å². The van der Waals surface area contributed by atoms with Crippen LogP contribution in [0.25, 0.3) is 0 Å². The first kappa shape index (κ1) is 33.5. The van der Waals surface area contributed by atoms with Crippen LogP contribution in [0.15, 0.2) is 66.7 Å². The predicted molar refractivity (Wildman–Crippen MR) is 174 cm³/mol. The van der Waals surface area contributed by atoms with E-state index in [9.17, 15) is 18.4 Å². The molecular formula is C38H48F2N2O2. The summed E-state index contributed by atoms with van der Waals surface area (Å²) in [6.07, 6.45) is 3.36. The molecule has 0 radical (unpaired) electrons. The molecular weight excluding hydrogens is 554 g/mol. The summed E-state index contributed by atoms with van der Waals surface area (Å²) < 4.78 is 27.3. The lowest BCUT2D eigenvalue weighted by Crippen LogP contribution is -2.46. The molecule has 4 rings (SSSR count). The van der Waals surface area contributed by atoms with Crippen LogP contribution in [-0.4, -0.2) is 30.8 Å². The predicted octanol–water partition coefficient (Wildman–Crippen LogP) is 8.23. The van der Waals surface area contributed by atoms with Gasteiger partial charge < -0.3 is 10.6 Å². The van der Waals surface area contributed by atoms with Crippen LogP contribution in [0.4, 0.5) is 8.78 Å². The number of carbonyl (C=O) groups excluding carboxylic acids is 2. The molecule has 3 aromatic carbocycles. The zero-order valence-corrected chi connectivity index (χ0v) is 27.1. The summed E-state index contributed by atoms with van der Waals surface area (Å²) in [6.45, 7) is 14.4. The van der Waals surface area contributed by atoms with Gasteiger partial charge in [0.2, 0.25) is 0 Å². The average molecular weight is 603 g/mol. The number of benzene rings is 3. The van der Waals surface area contributed by atoms with Crippen molar-refractivity contribution < 1.29 is 18.4 Å². The molecule has 1 aliphatic rings. The quantitative estimate of drug-likeness (QED) is 0.217. The van der Waals surface area contributed by atoms with Crippen molar-refractivity contribution >= 4 is 11.7 Å². The van der Waals surface area contributed by atoms with Gasteiger partial charge >= 0.3 is 0 Å². The van der Waals surface area contributed by atoms with Crippen LogP contribution in [0.1, 0.15) is 112 Å². The Bertz CT molecular complexity index is 1340. The maximum Gasteiger partial charge on any atom is 0.251 e. The number of unbranched alkanes of at least 4 members (excludes halogenated alkanes) is 1. The molecule has 1 amide bonds. The van der Waals surface area contributed by atoms with E-state index in [4.69, 9.17) is 0 Å². The fourth-order valence-electron chi connectivity index (χ4n) is 5.99. The molecule has 236 valence electrons. The molecule has 0 aliphatic carbocycles. The molecule has 0 saturated carbocycles. The van der Waals surface area contributed by atoms with Gasteiger partial charge in [-0.1, -0.05) is 78.3 Å². The number of hydrogen-bond acceptors (Lipinski definition) is 3. The Hall–Kier alpha value is -3.38. The molecule has 1 fully saturated rings. The first-order chi connectivity index (χ1) is 20.7. The highest BCUT2D eigenvalue weighted by atomic mass is 19.1. The molecule has 0 bridgehead atoms. The van der Waals surface area contributed by atoms with E-state index in [1.807, 2.05) is 12.1 Å². The fraction of sp³-hybridized carbons (Fsp3) is 0.474. The monoisotopic (exact) mass is 602 g/mol. The highest BCUT2D eigenvalue weighted by Gasteiger charge is 2.32. The summed E-state index contributed by atoms with van der Waals surface area (Å²) in [5.41, 5.74) is 4.45. The topological polar surface area (TPSA) is 58.2 Å². The van der Waals surface area contributed by atoms with Crippen molar-refractivity contribution in [2.45, 2.75) is 96.4 Å². The highest BCUT2D eigenvalue weighted by Crippen LogP contribution is 2.32. The third kappa shape index (κ3) is 8.84. The van der Waals surface area contributed by atoms with Gasteiger partial charge in [-0.25, -0.2) is 8.78 Å². The largest absolute Gasteiger partial charge is 0.342 e. The molecule has 3 aromatic rings. The van der Waals surface area contributed by atoms with Crippen molar-refractivity contribution in [3.63, 3.8) is 0 Å². The van der Waals surface area contributed by atoms with Gasteiger partial charge in [-0.05, 0) is 101 Å². The van der Waals surface area contributed by atoms with E-state index in [2.05, 4.69) is 58.2 Å². The molecule has 4 nitrogen and oxygen atoms in total. The smallest absolute Gasteiger partial charge is 0.251 e. The van der Waals surface area contributed by atoms with E-state index in [-0.39, 0.29) is 46.0 Å². The van der Waals surface area contributed by atoms with Crippen LogP contribution in [0.5, 0.6) is 0 Å². The van der Waals surface area contributed by atoms with Gasteiger partial charge in [-0.15, -0.1) is 0 Å². The Labute approximate surface area is 262 Å². The second kappa shape index (κ2) is 14.2. The SMILES string of the molecule is CC(C)(C)c1cc(C(=O)NC(C(=O)CCCCC(c2ccc(F)cc2)c2ccc(F)cc2)C2CCNC2)cc(C(C)(C)C)c1. The van der Waals surface area contributed by atoms with E-state index in [0.717, 1.165) is 48.1 Å². The van der Waals surface area contributed by atoms with Crippen LogP contribution in [0.2, 0.25) is 0 Å². The van der Waals surface area contributed by atoms with Gasteiger partial charge in [0.1, 0.15) is 11.6 Å². The third-order valence-electron chi connectivity index (χ3n) is 8.84. The minimum atomic E-state index is -0.557. The Kier molecular flexibility index (Phi) is 10.8. The molecule has 6 heteroatoms. The third-order valence-corrected chi connectivity index (χ3v) is 8.84. The van der Waals surface area contributed by atoms with Crippen molar-refractivity contribution in [3.05, 3.63) is 106 Å². The minimum Gasteiger partial charge on any atom is -0.342 e. The normalized spacial score (nSPS) is 16.2. The first-order valence-corrected chi connectivity index (χ1v) is 15.9. The van der Waals surface area contributed by atoms with Gasteiger partial charge in [-0.3, -0.25) is 9.59 Å². The number of Topliss-reactive ketones (excluding diaryl/α,β-unsaturated/α-hetero) is 1. The Balaban J connectivity index is 1.46. The molecule has 1 saturated heterocycles. The first-order valence-electron chi connectivity index (χ1n) is 15.9. The van der Waals surface area contributed by atoms with Crippen molar-refractivity contribution in [1.82, 2.24) is 10.6 Å². The van der Waals surface area contributed by atoms with E-state index in [1.54, 1.807) is 24.3 Å². The Morgan fingerprint density at radius 1 is 0.818 bits per heavy atom. The van der Waals surface area contributed by atoms with Gasteiger partial charge in [-0.2, -0.15) is 0 Å². The second-order valence-electron chi connectivity index (χ2n) is 14.4. The highest BCUT2D eigenvalue weighted by molar-refractivity contribution is 5.98. The molecule has 1 aliphatic heterocycles. The number of amides is 1. The summed E-state index contributed by atoms with van der Waals surface area (Å²) >= 11 is 0. The maximum atomic E-state index is 13.7. The Morgan fingerprint density at radius 2 is 1.34 bits per heavy atom. The van der Waals surface area contributed by atoms with E-state index in [1.165, 1.54) is 24.3 Å². The van der Waals surface area contributed by atoms with Crippen molar-refractivity contribution in [1.29, 1.82) is 0 Å². The minimum absolute atomic E-state index is 0.0343. The van der Waals surface area contributed by atoms with Gasteiger partial charge in [0, 0.05) is 24.4 Å². The zero-order valence-electron chi connectivity index (χ0n) is 27.1. The number of carbonyl (C=O) groups is 2. The lowest BCUT2D eigenvalue weighted by Gasteiger charge is -2.27. The zero-order chi connectivity index (χ0) is 32.1. The summed E-state index contributed by atoms with van der Waals surface area (Å²) in [7, 11) is 0. The van der Waals surface area contributed by atoms with E-state index in [0.29, 0.717) is 24.9 Å². The number of hydrogen-bond donors (Lipinski definition) is 2. The van der Waals surface area contributed by atoms with Gasteiger partial charge in [0.25, 0.3) is 5.91 Å². The number of halogens is 2. The van der Waals surface area contributed by atoms with Crippen LogP contribution < -0.4 is 10.6 Å². The molecule has 0 spiro atoms.